The van der Waals surface area contributed by atoms with Crippen molar-refractivity contribution in [3.05, 3.63) is 96.2 Å². The summed E-state index contributed by atoms with van der Waals surface area (Å²) >= 11 is 0. The summed E-state index contributed by atoms with van der Waals surface area (Å²) in [5.41, 5.74) is 1.38. The molecular weight excluding hydrogens is 568 g/mol. The number of benzene rings is 3. The van der Waals surface area contributed by atoms with Gasteiger partial charge in [-0.2, -0.15) is 4.31 Å². The normalized spacial score (nSPS) is 12.8. The Bertz CT molecular complexity index is 1670. The Balaban J connectivity index is 1.71. The van der Waals surface area contributed by atoms with Gasteiger partial charge in [-0.25, -0.2) is 13.2 Å². The van der Waals surface area contributed by atoms with Gasteiger partial charge in [0.25, 0.3) is 0 Å². The zero-order chi connectivity index (χ0) is 31.4. The van der Waals surface area contributed by atoms with Gasteiger partial charge in [0.2, 0.25) is 10.0 Å². The van der Waals surface area contributed by atoms with Crippen LogP contribution in [0.4, 0.5) is 4.79 Å². The van der Waals surface area contributed by atoms with E-state index in [-0.39, 0.29) is 18.0 Å². The molecule has 0 N–H and O–H groups in total. The van der Waals surface area contributed by atoms with Crippen LogP contribution in [0.2, 0.25) is 0 Å². The highest BCUT2D eigenvalue weighted by Gasteiger charge is 2.39. The maximum Gasteiger partial charge on any atom is 0.418 e. The standard InChI is InChI=1S/C33H38N2O7S/c1-23(2)30(31(36)41-22-24-10-8-7-9-11-24)35(43(38,39)28-15-13-27(40-6)14-16-28)21-25-12-17-29-26(20-25)18-19-34(29)32(37)42-33(3,4)5/h7-20,23,30H,21-22H2,1-6H3/t30-/m1/s1. The minimum absolute atomic E-state index is 0.0173. The number of hydrogen-bond acceptors (Lipinski definition) is 7. The van der Waals surface area contributed by atoms with Crippen molar-refractivity contribution in [1.82, 2.24) is 8.87 Å². The predicted octanol–water partition coefficient (Wildman–Crippen LogP) is 6.39. The van der Waals surface area contributed by atoms with Crippen LogP contribution in [0.15, 0.2) is 90.0 Å². The van der Waals surface area contributed by atoms with Gasteiger partial charge in [0.1, 0.15) is 24.0 Å². The first-order chi connectivity index (χ1) is 20.3. The number of nitrogens with zero attached hydrogens (tertiary/aromatic N) is 2. The monoisotopic (exact) mass is 606 g/mol. The lowest BCUT2D eigenvalue weighted by atomic mass is 10.0. The summed E-state index contributed by atoms with van der Waals surface area (Å²) in [5, 5.41) is 0.720. The van der Waals surface area contributed by atoms with Gasteiger partial charge in [0.05, 0.1) is 17.5 Å². The van der Waals surface area contributed by atoms with Crippen LogP contribution < -0.4 is 4.74 Å². The fraction of sp³-hybridized carbons (Fsp3) is 0.333. The predicted molar refractivity (Wildman–Crippen MR) is 164 cm³/mol. The topological polar surface area (TPSA) is 104 Å². The Morgan fingerprint density at radius 1 is 0.907 bits per heavy atom. The minimum atomic E-state index is -4.18. The van der Waals surface area contributed by atoms with Gasteiger partial charge < -0.3 is 14.2 Å². The smallest absolute Gasteiger partial charge is 0.418 e. The van der Waals surface area contributed by atoms with Crippen LogP contribution >= 0.6 is 0 Å². The fourth-order valence-electron chi connectivity index (χ4n) is 4.69. The summed E-state index contributed by atoms with van der Waals surface area (Å²) < 4.78 is 47.3. The van der Waals surface area contributed by atoms with Crippen molar-refractivity contribution >= 4 is 33.0 Å². The fourth-order valence-corrected chi connectivity index (χ4v) is 6.39. The third-order valence-electron chi connectivity index (χ3n) is 6.76. The maximum absolute atomic E-state index is 14.2. The van der Waals surface area contributed by atoms with Gasteiger partial charge in [-0.15, -0.1) is 0 Å². The van der Waals surface area contributed by atoms with Gasteiger partial charge in [0.15, 0.2) is 0 Å². The van der Waals surface area contributed by atoms with Crippen molar-refractivity contribution in [3.8, 4) is 5.75 Å². The summed E-state index contributed by atoms with van der Waals surface area (Å²) in [6.45, 7) is 8.87. The van der Waals surface area contributed by atoms with Crippen LogP contribution in [0.1, 0.15) is 45.7 Å². The van der Waals surface area contributed by atoms with E-state index in [1.807, 2.05) is 30.3 Å². The second kappa shape index (κ2) is 13.0. The van der Waals surface area contributed by atoms with Crippen molar-refractivity contribution in [2.75, 3.05) is 7.11 Å². The van der Waals surface area contributed by atoms with Crippen molar-refractivity contribution in [3.63, 3.8) is 0 Å². The number of esters is 1. The largest absolute Gasteiger partial charge is 0.497 e. The average molecular weight is 607 g/mol. The second-order valence-corrected chi connectivity index (χ2v) is 13.5. The summed E-state index contributed by atoms with van der Waals surface area (Å²) in [6, 6.07) is 21.2. The summed E-state index contributed by atoms with van der Waals surface area (Å²) in [4.78, 5) is 26.3. The van der Waals surface area contributed by atoms with E-state index < -0.39 is 39.6 Å². The first-order valence-corrected chi connectivity index (χ1v) is 15.4. The molecule has 0 unspecified atom stereocenters. The number of fused-ring (bicyclic) bond motifs is 1. The number of hydrogen-bond donors (Lipinski definition) is 0. The molecule has 0 aliphatic heterocycles. The van der Waals surface area contributed by atoms with Crippen LogP contribution in [0.5, 0.6) is 5.75 Å². The van der Waals surface area contributed by atoms with Gasteiger partial charge >= 0.3 is 12.1 Å². The zero-order valence-corrected chi connectivity index (χ0v) is 26.1. The van der Waals surface area contributed by atoms with Gasteiger partial charge in [-0.05, 0) is 80.3 Å². The summed E-state index contributed by atoms with van der Waals surface area (Å²) in [7, 11) is -2.68. The molecule has 0 saturated heterocycles. The van der Waals surface area contributed by atoms with Gasteiger partial charge in [-0.3, -0.25) is 9.36 Å². The highest BCUT2D eigenvalue weighted by atomic mass is 32.2. The Kier molecular flexibility index (Phi) is 9.62. The van der Waals surface area contributed by atoms with Crippen molar-refractivity contribution < 1.29 is 32.2 Å². The molecule has 0 saturated carbocycles. The lowest BCUT2D eigenvalue weighted by molar-refractivity contribution is -0.151. The molecule has 0 aliphatic rings. The lowest BCUT2D eigenvalue weighted by Crippen LogP contribution is -2.48. The molecule has 0 aliphatic carbocycles. The number of sulfonamides is 1. The number of ether oxygens (including phenoxy) is 3. The van der Waals surface area contributed by atoms with E-state index in [1.54, 1.807) is 77.2 Å². The summed E-state index contributed by atoms with van der Waals surface area (Å²) in [6.07, 6.45) is 1.10. The van der Waals surface area contributed by atoms with Crippen LogP contribution in [0.3, 0.4) is 0 Å². The van der Waals surface area contributed by atoms with Crippen LogP contribution in [0, 0.1) is 5.92 Å². The van der Waals surface area contributed by atoms with Gasteiger partial charge in [0, 0.05) is 18.1 Å². The molecule has 9 nitrogen and oxygen atoms in total. The first-order valence-electron chi connectivity index (χ1n) is 14.0. The molecule has 1 aromatic heterocycles. The molecule has 0 amide bonds. The second-order valence-electron chi connectivity index (χ2n) is 11.6. The highest BCUT2D eigenvalue weighted by Crippen LogP contribution is 2.29. The number of carbonyl (C=O) groups is 2. The third kappa shape index (κ3) is 7.63. The summed E-state index contributed by atoms with van der Waals surface area (Å²) in [5.74, 6) is -0.547. The molecule has 0 spiro atoms. The van der Waals surface area contributed by atoms with Crippen molar-refractivity contribution in [2.24, 2.45) is 5.92 Å². The van der Waals surface area contributed by atoms with Crippen LogP contribution in [-0.4, -0.2) is 48.1 Å². The first kappa shape index (κ1) is 31.8. The van der Waals surface area contributed by atoms with E-state index in [9.17, 15) is 18.0 Å². The molecule has 3 aromatic carbocycles. The number of rotatable bonds is 10. The van der Waals surface area contributed by atoms with Gasteiger partial charge in [-0.1, -0.05) is 50.2 Å². The molecule has 4 aromatic rings. The number of aromatic nitrogens is 1. The number of methoxy groups -OCH3 is 1. The molecule has 0 bridgehead atoms. The van der Waals surface area contributed by atoms with E-state index in [0.29, 0.717) is 16.8 Å². The molecule has 43 heavy (non-hydrogen) atoms. The average Bonchev–Trinajstić information content (AvgIpc) is 3.39. The molecule has 10 heteroatoms. The SMILES string of the molecule is COc1ccc(S(=O)(=O)N(Cc2ccc3c(ccn3C(=O)OC(C)(C)C)c2)[C@@H](C(=O)OCc2ccccc2)C(C)C)cc1. The molecule has 0 radical (unpaired) electrons. The van der Waals surface area contributed by atoms with Crippen molar-refractivity contribution in [1.29, 1.82) is 0 Å². The van der Waals surface area contributed by atoms with Crippen LogP contribution in [-0.2, 0) is 37.4 Å². The lowest BCUT2D eigenvalue weighted by Gasteiger charge is -2.32. The molecule has 1 heterocycles. The van der Waals surface area contributed by atoms with E-state index in [0.717, 1.165) is 10.9 Å². The minimum Gasteiger partial charge on any atom is -0.497 e. The van der Waals surface area contributed by atoms with E-state index in [2.05, 4.69) is 0 Å². The Labute approximate surface area is 253 Å². The molecular formula is C33H38N2O7S. The van der Waals surface area contributed by atoms with E-state index in [4.69, 9.17) is 14.2 Å². The Morgan fingerprint density at radius 2 is 1.58 bits per heavy atom. The maximum atomic E-state index is 14.2. The Morgan fingerprint density at radius 3 is 2.19 bits per heavy atom. The third-order valence-corrected chi connectivity index (χ3v) is 8.60. The van der Waals surface area contributed by atoms with E-state index >= 15 is 0 Å². The molecule has 228 valence electrons. The zero-order valence-electron chi connectivity index (χ0n) is 25.3. The molecule has 4 rings (SSSR count). The van der Waals surface area contributed by atoms with E-state index in [1.165, 1.54) is 28.1 Å². The highest BCUT2D eigenvalue weighted by molar-refractivity contribution is 7.89. The molecule has 1 atom stereocenters. The number of carbonyl (C=O) groups excluding carboxylic acids is 2. The quantitative estimate of drug-likeness (QED) is 0.193. The van der Waals surface area contributed by atoms with Crippen LogP contribution in [0.25, 0.3) is 10.9 Å². The molecule has 0 fully saturated rings. The Hall–Kier alpha value is -4.15. The van der Waals surface area contributed by atoms with Crippen molar-refractivity contribution in [2.45, 2.75) is 64.3 Å².